The van der Waals surface area contributed by atoms with Crippen molar-refractivity contribution in [1.29, 1.82) is 0 Å². The summed E-state index contributed by atoms with van der Waals surface area (Å²) in [5, 5.41) is 0. The Balaban J connectivity index is 0.000000123. The maximum absolute atomic E-state index is 10.4. The third-order valence-electron chi connectivity index (χ3n) is 3.35. The van der Waals surface area contributed by atoms with Gasteiger partial charge in [-0.25, -0.2) is 0 Å². The SMILES string of the molecule is C.O=S(=O)=C1CCN2CC12.c1cc2cc(c1)C2. The number of piperidine rings is 1. The summed E-state index contributed by atoms with van der Waals surface area (Å²) in [4.78, 5) is 2.88. The Morgan fingerprint density at radius 1 is 1.24 bits per heavy atom. The molecule has 1 aromatic carbocycles. The normalized spacial score (nSPS) is 25.8. The Morgan fingerprint density at radius 2 is 1.88 bits per heavy atom. The summed E-state index contributed by atoms with van der Waals surface area (Å²) in [6.45, 7) is 1.93. The van der Waals surface area contributed by atoms with E-state index < -0.39 is 10.3 Å². The minimum absolute atomic E-state index is 0. The van der Waals surface area contributed by atoms with E-state index in [0.717, 1.165) is 24.4 Å². The minimum Gasteiger partial charge on any atom is -0.292 e. The fraction of sp³-hybridized carbons (Fsp3) is 0.462. The average Bonchev–Trinajstić information content (AvgIpc) is 2.90. The first-order valence-electron chi connectivity index (χ1n) is 5.51. The lowest BCUT2D eigenvalue weighted by Gasteiger charge is -2.11. The van der Waals surface area contributed by atoms with Crippen LogP contribution < -0.4 is 0 Å². The molecule has 0 aromatic heterocycles. The molecule has 2 aliphatic heterocycles. The van der Waals surface area contributed by atoms with Crippen LogP contribution in [0.3, 0.4) is 0 Å². The van der Waals surface area contributed by atoms with Gasteiger partial charge in [0.2, 0.25) is 10.3 Å². The zero-order chi connectivity index (χ0) is 11.1. The topological polar surface area (TPSA) is 37.1 Å². The summed E-state index contributed by atoms with van der Waals surface area (Å²) in [5.41, 5.74) is 2.97. The first-order valence-corrected chi connectivity index (χ1v) is 6.58. The second-order valence-corrected chi connectivity index (χ2v) is 5.45. The van der Waals surface area contributed by atoms with Gasteiger partial charge in [0.1, 0.15) is 0 Å². The van der Waals surface area contributed by atoms with Crippen molar-refractivity contribution in [2.45, 2.75) is 26.3 Å². The molecule has 0 spiro atoms. The largest absolute Gasteiger partial charge is 0.292 e. The van der Waals surface area contributed by atoms with E-state index >= 15 is 0 Å². The van der Waals surface area contributed by atoms with Crippen LogP contribution in [-0.2, 0) is 16.7 Å². The van der Waals surface area contributed by atoms with Crippen molar-refractivity contribution in [3.05, 3.63) is 35.4 Å². The van der Waals surface area contributed by atoms with Gasteiger partial charge in [-0.05, 0) is 24.0 Å². The molecule has 2 heterocycles. The fourth-order valence-electron chi connectivity index (χ4n) is 2.30. The van der Waals surface area contributed by atoms with Gasteiger partial charge in [0.15, 0.2) is 0 Å². The van der Waals surface area contributed by atoms with Crippen molar-refractivity contribution in [3.63, 3.8) is 0 Å². The van der Waals surface area contributed by atoms with Crippen LogP contribution >= 0.6 is 0 Å². The molecule has 2 atom stereocenters. The summed E-state index contributed by atoms with van der Waals surface area (Å²) in [6, 6.07) is 8.96. The summed E-state index contributed by atoms with van der Waals surface area (Å²) in [7, 11) is -1.90. The Morgan fingerprint density at radius 3 is 2.06 bits per heavy atom. The van der Waals surface area contributed by atoms with Gasteiger partial charge in [0.05, 0.1) is 10.9 Å². The lowest BCUT2D eigenvalue weighted by atomic mass is 9.94. The number of benzene rings is 1. The predicted octanol–water partition coefficient (Wildman–Crippen LogP) is 1.35. The quantitative estimate of drug-likeness (QED) is 0.524. The van der Waals surface area contributed by atoms with Gasteiger partial charge in [-0.3, -0.25) is 4.90 Å². The van der Waals surface area contributed by atoms with Crippen LogP contribution in [0.2, 0.25) is 0 Å². The van der Waals surface area contributed by atoms with Crippen LogP contribution in [-0.4, -0.2) is 37.3 Å². The number of nitrogens with zero attached hydrogens (tertiary/aromatic N) is 1. The van der Waals surface area contributed by atoms with Crippen molar-refractivity contribution in [2.75, 3.05) is 13.1 Å². The van der Waals surface area contributed by atoms with Gasteiger partial charge in [-0.2, -0.15) is 8.42 Å². The highest BCUT2D eigenvalue weighted by Gasteiger charge is 2.43. The fourth-order valence-corrected chi connectivity index (χ4v) is 3.00. The van der Waals surface area contributed by atoms with E-state index in [4.69, 9.17) is 0 Å². The molecule has 17 heavy (non-hydrogen) atoms. The highest BCUT2D eigenvalue weighted by molar-refractivity contribution is 7.73. The molecule has 0 amide bonds. The summed E-state index contributed by atoms with van der Waals surface area (Å²) in [5.74, 6) is 0. The standard InChI is InChI=1S/C7H6.C5H7NO2S.CH4/c1-2-6-4-7(3-1)5-6;7-9(8)5-1-2-6-3-4(5)6;/h1-4H,5H2;4H,1-3H2;1H4. The number of fused-ring (bicyclic) bond motifs is 3. The van der Waals surface area contributed by atoms with Gasteiger partial charge in [0, 0.05) is 13.1 Å². The van der Waals surface area contributed by atoms with E-state index in [1.807, 2.05) is 0 Å². The van der Waals surface area contributed by atoms with Crippen LogP contribution in [0.15, 0.2) is 24.3 Å². The van der Waals surface area contributed by atoms with E-state index in [9.17, 15) is 8.42 Å². The number of hydrogen-bond acceptors (Lipinski definition) is 3. The van der Waals surface area contributed by atoms with Crippen molar-refractivity contribution < 1.29 is 8.42 Å². The average molecular weight is 251 g/mol. The number of hydrogen-bond donors (Lipinski definition) is 0. The molecular weight excluding hydrogens is 234 g/mol. The van der Waals surface area contributed by atoms with E-state index in [1.165, 1.54) is 17.5 Å². The van der Waals surface area contributed by atoms with Gasteiger partial charge in [-0.15, -0.1) is 0 Å². The minimum atomic E-state index is -1.90. The van der Waals surface area contributed by atoms with E-state index in [2.05, 4.69) is 29.2 Å². The molecule has 4 heteroatoms. The molecule has 1 aromatic rings. The molecule has 2 aliphatic carbocycles. The Bertz CT molecular complexity index is 530. The zero-order valence-electron chi connectivity index (χ0n) is 8.89. The third kappa shape index (κ3) is 2.42. The monoisotopic (exact) mass is 251 g/mol. The zero-order valence-corrected chi connectivity index (χ0v) is 9.70. The maximum Gasteiger partial charge on any atom is 0.214 e. The second kappa shape index (κ2) is 4.63. The molecule has 92 valence electrons. The van der Waals surface area contributed by atoms with Crippen molar-refractivity contribution in [2.24, 2.45) is 0 Å². The molecule has 2 saturated heterocycles. The maximum atomic E-state index is 10.4. The van der Waals surface area contributed by atoms with Crippen LogP contribution in [0, 0.1) is 0 Å². The summed E-state index contributed by atoms with van der Waals surface area (Å²) >= 11 is 0. The van der Waals surface area contributed by atoms with Crippen LogP contribution in [0.1, 0.15) is 25.0 Å². The van der Waals surface area contributed by atoms with Crippen LogP contribution in [0.4, 0.5) is 0 Å². The van der Waals surface area contributed by atoms with Crippen molar-refractivity contribution in [3.8, 4) is 0 Å². The molecule has 0 saturated carbocycles. The van der Waals surface area contributed by atoms with E-state index in [1.54, 1.807) is 0 Å². The summed E-state index contributed by atoms with van der Waals surface area (Å²) < 4.78 is 20.7. The molecule has 2 bridgehead atoms. The van der Waals surface area contributed by atoms with Gasteiger partial charge in [0.25, 0.3) is 0 Å². The summed E-state index contributed by atoms with van der Waals surface area (Å²) in [6.07, 6.45) is 1.98. The van der Waals surface area contributed by atoms with Gasteiger partial charge in [-0.1, -0.05) is 31.7 Å². The first kappa shape index (κ1) is 12.3. The predicted molar refractivity (Wildman–Crippen MR) is 69.9 cm³/mol. The van der Waals surface area contributed by atoms with Gasteiger partial charge >= 0.3 is 0 Å². The Hall–Kier alpha value is -1.13. The highest BCUT2D eigenvalue weighted by atomic mass is 32.2. The molecule has 2 fully saturated rings. The van der Waals surface area contributed by atoms with Crippen molar-refractivity contribution in [1.82, 2.24) is 4.90 Å². The smallest absolute Gasteiger partial charge is 0.214 e. The first-order chi connectivity index (χ1) is 7.74. The van der Waals surface area contributed by atoms with E-state index in [-0.39, 0.29) is 7.43 Å². The highest BCUT2D eigenvalue weighted by Crippen LogP contribution is 2.26. The lowest BCUT2D eigenvalue weighted by Crippen LogP contribution is -2.03. The molecule has 2 unspecified atom stereocenters. The Kier molecular flexibility index (Phi) is 3.35. The van der Waals surface area contributed by atoms with E-state index in [0.29, 0.717) is 6.04 Å². The number of rotatable bonds is 0. The molecule has 3 nitrogen and oxygen atoms in total. The van der Waals surface area contributed by atoms with Crippen LogP contribution in [0.25, 0.3) is 0 Å². The Labute approximate surface area is 104 Å². The third-order valence-corrected chi connectivity index (χ3v) is 4.25. The molecule has 5 rings (SSSR count). The molecule has 0 N–H and O–H groups in total. The second-order valence-electron chi connectivity index (χ2n) is 4.46. The molecule has 0 radical (unpaired) electrons. The van der Waals surface area contributed by atoms with Crippen molar-refractivity contribution >= 4 is 15.2 Å². The molecular formula is C13H17NO2S. The van der Waals surface area contributed by atoms with Crippen LogP contribution in [0.5, 0.6) is 0 Å². The lowest BCUT2D eigenvalue weighted by molar-refractivity contribution is 0.593. The molecule has 4 aliphatic rings. The van der Waals surface area contributed by atoms with Gasteiger partial charge < -0.3 is 0 Å².